The molecule has 0 radical (unpaired) electrons. The SMILES string of the molecule is BrCc1cc(-c2ccccc2)c2nccnc2c1. The molecule has 0 aliphatic heterocycles. The van der Waals surface area contributed by atoms with E-state index in [1.54, 1.807) is 12.4 Å². The molecule has 3 rings (SSSR count). The Morgan fingerprint density at radius 3 is 2.50 bits per heavy atom. The van der Waals surface area contributed by atoms with Crippen molar-refractivity contribution in [3.63, 3.8) is 0 Å². The molecule has 0 saturated heterocycles. The molecule has 2 aromatic carbocycles. The molecule has 2 nitrogen and oxygen atoms in total. The highest BCUT2D eigenvalue weighted by atomic mass is 79.9. The first kappa shape index (κ1) is 11.4. The summed E-state index contributed by atoms with van der Waals surface area (Å²) in [6.07, 6.45) is 3.47. The molecule has 88 valence electrons. The van der Waals surface area contributed by atoms with Crippen LogP contribution in [0.25, 0.3) is 22.2 Å². The van der Waals surface area contributed by atoms with Crippen molar-refractivity contribution in [2.75, 3.05) is 0 Å². The van der Waals surface area contributed by atoms with Crippen molar-refractivity contribution in [2.45, 2.75) is 5.33 Å². The summed E-state index contributed by atoms with van der Waals surface area (Å²) in [5, 5.41) is 0.819. The molecule has 0 spiro atoms. The molecule has 0 atom stereocenters. The molecule has 3 aromatic rings. The summed E-state index contributed by atoms with van der Waals surface area (Å²) in [5.41, 5.74) is 5.41. The van der Waals surface area contributed by atoms with Gasteiger partial charge in [0, 0.05) is 23.3 Å². The standard InChI is InChI=1S/C15H11BrN2/c16-10-11-8-13(12-4-2-1-3-5-12)15-14(9-11)17-6-7-18-15/h1-9H,10H2. The zero-order valence-electron chi connectivity index (χ0n) is 9.68. The van der Waals surface area contributed by atoms with Crippen LogP contribution in [-0.4, -0.2) is 9.97 Å². The fourth-order valence-corrected chi connectivity index (χ4v) is 2.37. The highest BCUT2D eigenvalue weighted by Gasteiger charge is 2.07. The van der Waals surface area contributed by atoms with Gasteiger partial charge in [0.05, 0.1) is 11.0 Å². The number of hydrogen-bond acceptors (Lipinski definition) is 2. The van der Waals surface area contributed by atoms with E-state index in [0.717, 1.165) is 21.9 Å². The Bertz CT molecular complexity index is 680. The van der Waals surface area contributed by atoms with E-state index >= 15 is 0 Å². The Morgan fingerprint density at radius 1 is 0.944 bits per heavy atom. The van der Waals surface area contributed by atoms with Crippen molar-refractivity contribution < 1.29 is 0 Å². The summed E-state index contributed by atoms with van der Waals surface area (Å²) >= 11 is 3.50. The molecule has 0 aliphatic rings. The highest BCUT2D eigenvalue weighted by molar-refractivity contribution is 9.08. The predicted molar refractivity (Wildman–Crippen MR) is 77.6 cm³/mol. The normalized spacial score (nSPS) is 10.7. The van der Waals surface area contributed by atoms with Gasteiger partial charge in [-0.2, -0.15) is 0 Å². The van der Waals surface area contributed by atoms with Crippen LogP contribution in [0.5, 0.6) is 0 Å². The van der Waals surface area contributed by atoms with Gasteiger partial charge in [0.15, 0.2) is 0 Å². The zero-order valence-corrected chi connectivity index (χ0v) is 11.3. The van der Waals surface area contributed by atoms with E-state index in [9.17, 15) is 0 Å². The number of hydrogen-bond donors (Lipinski definition) is 0. The van der Waals surface area contributed by atoms with Crippen molar-refractivity contribution >= 4 is 27.0 Å². The third-order valence-electron chi connectivity index (χ3n) is 2.87. The number of fused-ring (bicyclic) bond motifs is 1. The molecule has 0 unspecified atom stereocenters. The monoisotopic (exact) mass is 298 g/mol. The summed E-state index contributed by atoms with van der Waals surface area (Å²) in [6.45, 7) is 0. The lowest BCUT2D eigenvalue weighted by molar-refractivity contribution is 1.28. The van der Waals surface area contributed by atoms with Gasteiger partial charge in [-0.25, -0.2) is 0 Å². The van der Waals surface area contributed by atoms with E-state index in [1.165, 1.54) is 11.1 Å². The summed E-state index contributed by atoms with van der Waals surface area (Å²) < 4.78 is 0. The smallest absolute Gasteiger partial charge is 0.0965 e. The second-order valence-corrected chi connectivity index (χ2v) is 4.63. The van der Waals surface area contributed by atoms with E-state index in [-0.39, 0.29) is 0 Å². The first-order valence-electron chi connectivity index (χ1n) is 5.73. The molecule has 3 heteroatoms. The van der Waals surface area contributed by atoms with Gasteiger partial charge in [-0.1, -0.05) is 46.3 Å². The van der Waals surface area contributed by atoms with Crippen LogP contribution >= 0.6 is 15.9 Å². The van der Waals surface area contributed by atoms with Crippen LogP contribution in [0, 0.1) is 0 Å². The molecule has 0 saturated carbocycles. The van der Waals surface area contributed by atoms with Gasteiger partial charge in [-0.05, 0) is 23.3 Å². The van der Waals surface area contributed by atoms with Gasteiger partial charge in [-0.15, -0.1) is 0 Å². The molecule has 0 bridgehead atoms. The molecule has 0 aliphatic carbocycles. The van der Waals surface area contributed by atoms with Crippen LogP contribution in [0.15, 0.2) is 54.9 Å². The molecule has 0 amide bonds. The number of halogens is 1. The third-order valence-corrected chi connectivity index (χ3v) is 3.52. The summed E-state index contributed by atoms with van der Waals surface area (Å²) in [4.78, 5) is 8.85. The van der Waals surface area contributed by atoms with E-state index in [0.29, 0.717) is 0 Å². The minimum absolute atomic E-state index is 0.819. The Balaban J connectivity index is 2.33. The van der Waals surface area contributed by atoms with Gasteiger partial charge in [0.25, 0.3) is 0 Å². The lowest BCUT2D eigenvalue weighted by atomic mass is 10.0. The molecule has 1 aromatic heterocycles. The minimum Gasteiger partial charge on any atom is -0.253 e. The van der Waals surface area contributed by atoms with Crippen molar-refractivity contribution in [2.24, 2.45) is 0 Å². The highest BCUT2D eigenvalue weighted by Crippen LogP contribution is 2.28. The lowest BCUT2D eigenvalue weighted by Gasteiger charge is -2.07. The van der Waals surface area contributed by atoms with Crippen LogP contribution < -0.4 is 0 Å². The van der Waals surface area contributed by atoms with Crippen LogP contribution in [0.2, 0.25) is 0 Å². The maximum atomic E-state index is 4.46. The fourth-order valence-electron chi connectivity index (χ4n) is 2.05. The Kier molecular flexibility index (Phi) is 3.07. The van der Waals surface area contributed by atoms with Crippen molar-refractivity contribution in [1.82, 2.24) is 9.97 Å². The van der Waals surface area contributed by atoms with E-state index in [1.807, 2.05) is 18.2 Å². The number of rotatable bonds is 2. The second kappa shape index (κ2) is 4.86. The summed E-state index contributed by atoms with van der Waals surface area (Å²) in [7, 11) is 0. The molecular formula is C15H11BrN2. The number of benzene rings is 2. The second-order valence-electron chi connectivity index (χ2n) is 4.07. The quantitative estimate of drug-likeness (QED) is 0.663. The molecule has 18 heavy (non-hydrogen) atoms. The fraction of sp³-hybridized carbons (Fsp3) is 0.0667. The minimum atomic E-state index is 0.819. The number of aromatic nitrogens is 2. The Morgan fingerprint density at radius 2 is 1.72 bits per heavy atom. The lowest BCUT2D eigenvalue weighted by Crippen LogP contribution is -1.90. The van der Waals surface area contributed by atoms with Gasteiger partial charge < -0.3 is 0 Å². The average molecular weight is 299 g/mol. The summed E-state index contributed by atoms with van der Waals surface area (Å²) in [6, 6.07) is 14.5. The van der Waals surface area contributed by atoms with Crippen LogP contribution in [0.1, 0.15) is 5.56 Å². The van der Waals surface area contributed by atoms with Crippen LogP contribution in [0.4, 0.5) is 0 Å². The Labute approximate surface area is 114 Å². The van der Waals surface area contributed by atoms with Crippen LogP contribution in [-0.2, 0) is 5.33 Å². The van der Waals surface area contributed by atoms with Gasteiger partial charge in [-0.3, -0.25) is 9.97 Å². The van der Waals surface area contributed by atoms with Gasteiger partial charge in [0.1, 0.15) is 0 Å². The largest absolute Gasteiger partial charge is 0.253 e. The van der Waals surface area contributed by atoms with Crippen molar-refractivity contribution in [3.05, 3.63) is 60.4 Å². The van der Waals surface area contributed by atoms with Gasteiger partial charge in [0.2, 0.25) is 0 Å². The van der Waals surface area contributed by atoms with Crippen LogP contribution in [0.3, 0.4) is 0 Å². The maximum Gasteiger partial charge on any atom is 0.0965 e. The number of nitrogens with zero attached hydrogens (tertiary/aromatic N) is 2. The first-order valence-corrected chi connectivity index (χ1v) is 6.85. The zero-order chi connectivity index (χ0) is 12.4. The van der Waals surface area contributed by atoms with E-state index < -0.39 is 0 Å². The van der Waals surface area contributed by atoms with Gasteiger partial charge >= 0.3 is 0 Å². The molecule has 0 N–H and O–H groups in total. The Hall–Kier alpha value is -1.74. The number of alkyl halides is 1. The first-order chi connectivity index (χ1) is 8.88. The average Bonchev–Trinajstić information content (AvgIpc) is 2.47. The van der Waals surface area contributed by atoms with Crippen molar-refractivity contribution in [3.8, 4) is 11.1 Å². The predicted octanol–water partition coefficient (Wildman–Crippen LogP) is 4.19. The molecule has 0 fully saturated rings. The third kappa shape index (κ3) is 2.02. The molecule has 1 heterocycles. The van der Waals surface area contributed by atoms with Crippen molar-refractivity contribution in [1.29, 1.82) is 0 Å². The summed E-state index contributed by atoms with van der Waals surface area (Å²) in [5.74, 6) is 0. The maximum absolute atomic E-state index is 4.46. The van der Waals surface area contributed by atoms with E-state index in [4.69, 9.17) is 0 Å². The molecular weight excluding hydrogens is 288 g/mol. The topological polar surface area (TPSA) is 25.8 Å². The van der Waals surface area contributed by atoms with E-state index in [2.05, 4.69) is 50.2 Å².